The van der Waals surface area contributed by atoms with E-state index in [1.165, 1.54) is 16.7 Å². The number of hydrogen-bond donors (Lipinski definition) is 4. The van der Waals surface area contributed by atoms with Crippen molar-refractivity contribution in [3.8, 4) is 34.5 Å². The van der Waals surface area contributed by atoms with Gasteiger partial charge in [0.2, 0.25) is 0 Å². The van der Waals surface area contributed by atoms with Crippen LogP contribution in [0.5, 0.6) is 34.5 Å². The van der Waals surface area contributed by atoms with E-state index in [1.807, 2.05) is 206 Å². The van der Waals surface area contributed by atoms with Gasteiger partial charge in [-0.1, -0.05) is 119 Å². The predicted molar refractivity (Wildman–Crippen MR) is 406 cm³/mol. The highest BCUT2D eigenvalue weighted by molar-refractivity contribution is 7.99. The third-order valence-electron chi connectivity index (χ3n) is 15.7. The number of thiol groups is 1. The maximum Gasteiger partial charge on any atom is 0.119 e. The highest BCUT2D eigenvalue weighted by atomic mass is 35.5. The molecule has 3 aliphatic rings. The Morgan fingerprint density at radius 1 is 0.310 bits per heavy atom. The van der Waals surface area contributed by atoms with Crippen LogP contribution in [0.2, 0.25) is 20.1 Å². The van der Waals surface area contributed by atoms with Crippen molar-refractivity contribution in [1.82, 2.24) is 0 Å². The molecule has 3 aliphatic heterocycles. The number of ether oxygens (including phenoxy) is 9. The predicted octanol–water partition coefficient (Wildman–Crippen LogP) is 18.3. The Hall–Kier alpha value is -6.68. The molecule has 20 heteroatoms. The normalized spacial score (nSPS) is 16.3. The molecule has 520 valence electrons. The largest absolute Gasteiger partial charge is 0.491 e. The lowest BCUT2D eigenvalue weighted by atomic mass is 9.85. The minimum atomic E-state index is -0.652. The molecule has 12 nitrogen and oxygen atoms in total. The number of benzene rings is 10. The maximum absolute atomic E-state index is 10.6. The van der Waals surface area contributed by atoms with Crippen LogP contribution >= 0.6 is 94.3 Å². The van der Waals surface area contributed by atoms with Gasteiger partial charge in [0.15, 0.2) is 0 Å². The molecule has 0 bridgehead atoms. The van der Waals surface area contributed by atoms with E-state index in [0.29, 0.717) is 69.4 Å². The number of aliphatic hydroxyl groups excluding tert-OH is 3. The lowest BCUT2D eigenvalue weighted by molar-refractivity contribution is 0.126. The summed E-state index contributed by atoms with van der Waals surface area (Å²) in [4.78, 5) is 4.03. The van der Waals surface area contributed by atoms with Crippen LogP contribution in [0.1, 0.15) is 45.2 Å². The van der Waals surface area contributed by atoms with Gasteiger partial charge in [-0.15, -0.1) is 47.9 Å². The van der Waals surface area contributed by atoms with Gasteiger partial charge >= 0.3 is 0 Å². The van der Waals surface area contributed by atoms with E-state index in [2.05, 4.69) is 49.0 Å². The average molecular weight is 1500 g/mol. The molecule has 3 heterocycles. The summed E-state index contributed by atoms with van der Waals surface area (Å²) in [5.74, 6) is 5.95. The van der Waals surface area contributed by atoms with Crippen LogP contribution < -0.4 is 28.4 Å². The van der Waals surface area contributed by atoms with Gasteiger partial charge in [0.1, 0.15) is 92.5 Å². The molecule has 0 aliphatic carbocycles. The zero-order valence-electron chi connectivity index (χ0n) is 54.4. The molecule has 100 heavy (non-hydrogen) atoms. The highest BCUT2D eigenvalue weighted by Crippen LogP contribution is 2.38. The van der Waals surface area contributed by atoms with Crippen LogP contribution in [-0.4, -0.2) is 129 Å². The second-order valence-electron chi connectivity index (χ2n) is 23.7. The molecule has 3 N–H and O–H groups in total. The van der Waals surface area contributed by atoms with Crippen molar-refractivity contribution in [1.29, 1.82) is 0 Å². The van der Waals surface area contributed by atoms with E-state index in [-0.39, 0.29) is 50.0 Å². The molecule has 6 unspecified atom stereocenters. The van der Waals surface area contributed by atoms with Crippen molar-refractivity contribution < 1.29 is 58.0 Å². The maximum atomic E-state index is 10.6. The first-order valence-electron chi connectivity index (χ1n) is 32.6. The SMILES string of the molecule is OC(COc1ccc(C(c2ccc(OCC(O)CSc3ccc(Cl)cc3)cc2)c2ccc(OCC(O)CSc3ccc(Cl)cc3)cc2)cc1)CSc1ccc(Cl)cc1.Sc1ccc(Cl)cc1.c1cc(C(c2ccc(OCC3CO3)cc2)c2ccc(OCC3CO3)cc2)ccc1OCC1CO1. The second-order valence-corrected chi connectivity index (χ2v) is 29.3. The van der Waals surface area contributed by atoms with Gasteiger partial charge in [0.25, 0.3) is 0 Å². The Morgan fingerprint density at radius 3 is 0.710 bits per heavy atom. The second kappa shape index (κ2) is 38.5. The Balaban J connectivity index is 0.000000200. The fraction of sp³-hybridized carbons (Fsp3) is 0.250. The summed E-state index contributed by atoms with van der Waals surface area (Å²) in [5, 5.41) is 34.5. The molecule has 3 fully saturated rings. The Bertz CT molecular complexity index is 3620. The Labute approximate surface area is 622 Å². The lowest BCUT2D eigenvalue weighted by Gasteiger charge is -2.21. The summed E-state index contributed by atoms with van der Waals surface area (Å²) in [6, 6.07) is 78.7. The summed E-state index contributed by atoms with van der Waals surface area (Å²) in [5.41, 5.74) is 6.69. The molecule has 0 aromatic heterocycles. The quantitative estimate of drug-likeness (QED) is 0.0133. The number of rotatable bonds is 33. The molecular weight excluding hydrogens is 1420 g/mol. The zero-order chi connectivity index (χ0) is 69.4. The first-order valence-corrected chi connectivity index (χ1v) is 37.5. The molecule has 0 saturated carbocycles. The fourth-order valence-corrected chi connectivity index (χ4v) is 13.2. The third kappa shape index (κ3) is 25.4. The van der Waals surface area contributed by atoms with Gasteiger partial charge in [-0.25, -0.2) is 0 Å². The van der Waals surface area contributed by atoms with Gasteiger partial charge in [0, 0.05) is 68.8 Å². The molecular formula is C80H76Cl4O12S4. The molecule has 0 spiro atoms. The summed E-state index contributed by atoms with van der Waals surface area (Å²) >= 11 is 32.3. The Kier molecular flexibility index (Phi) is 28.7. The smallest absolute Gasteiger partial charge is 0.119 e. The molecule has 10 aromatic rings. The first-order chi connectivity index (χ1) is 48.7. The molecule has 0 radical (unpaired) electrons. The van der Waals surface area contributed by atoms with Crippen LogP contribution in [0.4, 0.5) is 0 Å². The minimum Gasteiger partial charge on any atom is -0.491 e. The van der Waals surface area contributed by atoms with Crippen LogP contribution in [0.3, 0.4) is 0 Å². The summed E-state index contributed by atoms with van der Waals surface area (Å²) in [7, 11) is 0. The van der Waals surface area contributed by atoms with E-state index < -0.39 is 18.3 Å². The molecule has 13 rings (SSSR count). The van der Waals surface area contributed by atoms with E-state index in [4.69, 9.17) is 89.0 Å². The van der Waals surface area contributed by atoms with Crippen molar-refractivity contribution in [2.24, 2.45) is 0 Å². The van der Waals surface area contributed by atoms with E-state index in [0.717, 1.165) is 78.4 Å². The van der Waals surface area contributed by atoms with Crippen LogP contribution in [0.15, 0.2) is 262 Å². The molecule has 10 aromatic carbocycles. The monoisotopic (exact) mass is 1500 g/mol. The van der Waals surface area contributed by atoms with Crippen LogP contribution in [-0.2, 0) is 14.2 Å². The van der Waals surface area contributed by atoms with E-state index in [9.17, 15) is 15.3 Å². The van der Waals surface area contributed by atoms with Gasteiger partial charge in [-0.05, 0) is 203 Å². The van der Waals surface area contributed by atoms with Crippen LogP contribution in [0, 0.1) is 0 Å². The Morgan fingerprint density at radius 2 is 0.510 bits per heavy atom. The summed E-state index contributed by atoms with van der Waals surface area (Å²) in [6.07, 6.45) is -1.23. The number of hydrogen-bond acceptors (Lipinski definition) is 16. The third-order valence-corrected chi connectivity index (χ3v) is 20.5. The zero-order valence-corrected chi connectivity index (χ0v) is 60.8. The lowest BCUT2D eigenvalue weighted by Crippen LogP contribution is -2.20. The molecule has 3 saturated heterocycles. The molecule has 6 atom stereocenters. The summed E-state index contributed by atoms with van der Waals surface area (Å²) < 4.78 is 51.1. The van der Waals surface area contributed by atoms with Crippen molar-refractivity contribution in [2.45, 2.75) is 68.0 Å². The summed E-state index contributed by atoms with van der Waals surface area (Å²) in [6.45, 7) is 4.67. The van der Waals surface area contributed by atoms with Gasteiger partial charge in [-0.2, -0.15) is 0 Å². The van der Waals surface area contributed by atoms with E-state index >= 15 is 0 Å². The minimum absolute atomic E-state index is 0.0717. The van der Waals surface area contributed by atoms with Crippen molar-refractivity contribution in [3.63, 3.8) is 0 Å². The number of aliphatic hydroxyl groups is 3. The standard InChI is InChI=1S/C46H43Cl3O6S3.C28H28O6.C6H5ClS/c47-34-7-19-43(20-8-34)56-28-37(50)25-53-40-13-1-31(2-14-40)46(32-3-15-41(16-4-32)54-26-38(51)29-57-44-21-9-35(48)10-22-44)33-5-17-42(18-6-33)55-27-39(52)30-58-45-23-11-36(49)12-24-45;1-7-22(29-13-25-16-32-25)8-2-19(1)28(20-3-9-23(10-4-20)30-14-26-17-33-26)21-5-11-24(12-6-21)31-15-27-18-34-27;7-5-1-3-6(8)4-2-5/h1-24,37-39,46,50-52H,25-30H2;1-12,25-28H,13-18H2;1-4,8H. The van der Waals surface area contributed by atoms with Crippen LogP contribution in [0.25, 0.3) is 0 Å². The van der Waals surface area contributed by atoms with Crippen molar-refractivity contribution in [3.05, 3.63) is 296 Å². The van der Waals surface area contributed by atoms with E-state index in [1.54, 1.807) is 35.3 Å². The average Bonchev–Trinajstić information content (AvgIpc) is 1.35. The van der Waals surface area contributed by atoms with Crippen molar-refractivity contribution >= 4 is 94.3 Å². The number of thioether (sulfide) groups is 3. The van der Waals surface area contributed by atoms with Gasteiger partial charge in [-0.3, -0.25) is 0 Å². The number of epoxide rings is 3. The van der Waals surface area contributed by atoms with Crippen molar-refractivity contribution in [2.75, 3.05) is 76.7 Å². The highest BCUT2D eigenvalue weighted by Gasteiger charge is 2.26. The first kappa shape index (κ1) is 74.5. The molecule has 0 amide bonds. The van der Waals surface area contributed by atoms with Gasteiger partial charge in [0.05, 0.1) is 38.1 Å². The fourth-order valence-electron chi connectivity index (χ4n) is 10.1. The topological polar surface area (TPSA) is 154 Å². The number of halogens is 4. The van der Waals surface area contributed by atoms with Gasteiger partial charge < -0.3 is 58.0 Å².